The number of nitrogens with zero attached hydrogens (tertiary/aromatic N) is 1. The Morgan fingerprint density at radius 1 is 1.18 bits per heavy atom. The van der Waals surface area contributed by atoms with E-state index in [9.17, 15) is 17.6 Å². The van der Waals surface area contributed by atoms with Gasteiger partial charge in [0.2, 0.25) is 0 Å². The molecule has 7 heteroatoms. The maximum Gasteiger partial charge on any atom is 0.280 e. The highest BCUT2D eigenvalue weighted by molar-refractivity contribution is 5.91. The standard InChI is InChI=1S/C10H7F4N3/c11-4-1-5-7(17-15)3-8(10(13)14)16-9(5)6(12)2-4/h1-3,10H,15H2,(H,16,17). The van der Waals surface area contributed by atoms with Gasteiger partial charge in [-0.2, -0.15) is 0 Å². The maximum absolute atomic E-state index is 13.4. The van der Waals surface area contributed by atoms with Gasteiger partial charge in [-0.15, -0.1) is 0 Å². The van der Waals surface area contributed by atoms with Crippen molar-refractivity contribution in [2.75, 3.05) is 5.43 Å². The van der Waals surface area contributed by atoms with Crippen molar-refractivity contribution < 1.29 is 17.6 Å². The van der Waals surface area contributed by atoms with Gasteiger partial charge in [-0.05, 0) is 12.1 Å². The molecule has 0 bridgehead atoms. The van der Waals surface area contributed by atoms with Crippen LogP contribution in [-0.2, 0) is 0 Å². The summed E-state index contributed by atoms with van der Waals surface area (Å²) >= 11 is 0. The van der Waals surface area contributed by atoms with Gasteiger partial charge in [0, 0.05) is 11.5 Å². The fourth-order valence-electron chi connectivity index (χ4n) is 1.50. The number of nitrogen functional groups attached to an aromatic ring is 1. The molecular weight excluding hydrogens is 238 g/mol. The van der Waals surface area contributed by atoms with Crippen LogP contribution in [0.1, 0.15) is 12.1 Å². The van der Waals surface area contributed by atoms with Crippen LogP contribution >= 0.6 is 0 Å². The van der Waals surface area contributed by atoms with E-state index in [1.165, 1.54) is 0 Å². The SMILES string of the molecule is NNc1cc(C(F)F)nc2c(F)cc(F)cc12. The summed E-state index contributed by atoms with van der Waals surface area (Å²) in [5, 5.41) is 0.00870. The molecule has 1 aromatic heterocycles. The van der Waals surface area contributed by atoms with Crippen molar-refractivity contribution in [1.29, 1.82) is 0 Å². The Balaban J connectivity index is 2.82. The van der Waals surface area contributed by atoms with Gasteiger partial charge in [-0.1, -0.05) is 0 Å². The van der Waals surface area contributed by atoms with Crippen LogP contribution in [0.3, 0.4) is 0 Å². The molecule has 0 aliphatic carbocycles. The van der Waals surface area contributed by atoms with E-state index in [0.29, 0.717) is 6.07 Å². The van der Waals surface area contributed by atoms with E-state index >= 15 is 0 Å². The summed E-state index contributed by atoms with van der Waals surface area (Å²) in [4.78, 5) is 3.44. The minimum absolute atomic E-state index is 0.00870. The van der Waals surface area contributed by atoms with E-state index in [0.717, 1.165) is 12.1 Å². The van der Waals surface area contributed by atoms with Crippen LogP contribution in [0.15, 0.2) is 18.2 Å². The number of fused-ring (bicyclic) bond motifs is 1. The number of hydrazine groups is 1. The molecule has 0 saturated heterocycles. The number of aromatic nitrogens is 1. The van der Waals surface area contributed by atoms with Crippen molar-refractivity contribution in [2.24, 2.45) is 5.84 Å². The molecular formula is C10H7F4N3. The molecule has 0 aliphatic heterocycles. The van der Waals surface area contributed by atoms with E-state index in [2.05, 4.69) is 10.4 Å². The Bertz CT molecular complexity index is 571. The second kappa shape index (κ2) is 4.17. The number of hydrogen-bond acceptors (Lipinski definition) is 3. The molecule has 0 radical (unpaired) electrons. The molecule has 0 aliphatic rings. The minimum atomic E-state index is -2.86. The fourth-order valence-corrected chi connectivity index (χ4v) is 1.50. The topological polar surface area (TPSA) is 50.9 Å². The highest BCUT2D eigenvalue weighted by Gasteiger charge is 2.16. The number of pyridine rings is 1. The second-order valence-corrected chi connectivity index (χ2v) is 3.32. The van der Waals surface area contributed by atoms with Gasteiger partial charge in [0.25, 0.3) is 6.43 Å². The molecule has 0 atom stereocenters. The number of anilines is 1. The molecule has 1 heterocycles. The summed E-state index contributed by atoms with van der Waals surface area (Å²) < 4.78 is 51.4. The smallest absolute Gasteiger partial charge is 0.280 e. The number of alkyl halides is 2. The molecule has 2 aromatic rings. The lowest BCUT2D eigenvalue weighted by Crippen LogP contribution is -2.09. The van der Waals surface area contributed by atoms with Crippen LogP contribution in [-0.4, -0.2) is 4.98 Å². The second-order valence-electron chi connectivity index (χ2n) is 3.32. The van der Waals surface area contributed by atoms with E-state index in [4.69, 9.17) is 5.84 Å². The lowest BCUT2D eigenvalue weighted by Gasteiger charge is -2.09. The van der Waals surface area contributed by atoms with Crippen molar-refractivity contribution in [3.8, 4) is 0 Å². The van der Waals surface area contributed by atoms with Crippen LogP contribution in [0.5, 0.6) is 0 Å². The van der Waals surface area contributed by atoms with Crippen molar-refractivity contribution in [3.63, 3.8) is 0 Å². The van der Waals surface area contributed by atoms with Gasteiger partial charge >= 0.3 is 0 Å². The van der Waals surface area contributed by atoms with Crippen molar-refractivity contribution in [3.05, 3.63) is 35.5 Å². The maximum atomic E-state index is 13.4. The van der Waals surface area contributed by atoms with Crippen molar-refractivity contribution >= 4 is 16.6 Å². The lowest BCUT2D eigenvalue weighted by atomic mass is 10.1. The summed E-state index contributed by atoms with van der Waals surface area (Å²) in [6.07, 6.45) is -2.86. The zero-order chi connectivity index (χ0) is 12.6. The van der Waals surface area contributed by atoms with Crippen LogP contribution < -0.4 is 11.3 Å². The monoisotopic (exact) mass is 245 g/mol. The van der Waals surface area contributed by atoms with Crippen molar-refractivity contribution in [2.45, 2.75) is 6.43 Å². The van der Waals surface area contributed by atoms with Gasteiger partial charge in [0.15, 0.2) is 5.82 Å². The highest BCUT2D eigenvalue weighted by Crippen LogP contribution is 2.29. The summed E-state index contributed by atoms with van der Waals surface area (Å²) in [6.45, 7) is 0. The highest BCUT2D eigenvalue weighted by atomic mass is 19.3. The predicted molar refractivity (Wildman–Crippen MR) is 54.4 cm³/mol. The van der Waals surface area contributed by atoms with E-state index in [1.54, 1.807) is 0 Å². The molecule has 1 aromatic carbocycles. The van der Waals surface area contributed by atoms with Crippen LogP contribution in [0, 0.1) is 11.6 Å². The van der Waals surface area contributed by atoms with Crippen LogP contribution in [0.2, 0.25) is 0 Å². The Hall–Kier alpha value is -1.89. The Labute approximate surface area is 93.2 Å². The third kappa shape index (κ3) is 2.01. The first-order valence-corrected chi connectivity index (χ1v) is 4.57. The summed E-state index contributed by atoms with van der Waals surface area (Å²) in [7, 11) is 0. The van der Waals surface area contributed by atoms with Gasteiger partial charge in [0.05, 0.1) is 5.69 Å². The van der Waals surface area contributed by atoms with Gasteiger partial charge < -0.3 is 5.43 Å². The number of nitrogens with two attached hydrogens (primary N) is 1. The number of halogens is 4. The van der Waals surface area contributed by atoms with Crippen LogP contribution in [0.4, 0.5) is 23.2 Å². The number of rotatable bonds is 2. The Morgan fingerprint density at radius 2 is 1.88 bits per heavy atom. The normalized spacial score (nSPS) is 11.2. The summed E-state index contributed by atoms with van der Waals surface area (Å²) in [5.74, 6) is 3.27. The average Bonchev–Trinajstić information content (AvgIpc) is 2.27. The van der Waals surface area contributed by atoms with Gasteiger partial charge in [-0.3, -0.25) is 5.84 Å². The van der Waals surface area contributed by atoms with Gasteiger partial charge in [-0.25, -0.2) is 22.5 Å². The van der Waals surface area contributed by atoms with E-state index < -0.39 is 23.8 Å². The fraction of sp³-hybridized carbons (Fsp3) is 0.100. The molecule has 17 heavy (non-hydrogen) atoms. The zero-order valence-electron chi connectivity index (χ0n) is 8.35. The molecule has 0 fully saturated rings. The summed E-state index contributed by atoms with van der Waals surface area (Å²) in [6, 6.07) is 2.49. The van der Waals surface area contributed by atoms with Crippen molar-refractivity contribution in [1.82, 2.24) is 4.98 Å². The van der Waals surface area contributed by atoms with Gasteiger partial charge in [0.1, 0.15) is 17.0 Å². The average molecular weight is 245 g/mol. The van der Waals surface area contributed by atoms with E-state index in [-0.39, 0.29) is 16.6 Å². The quantitative estimate of drug-likeness (QED) is 0.486. The minimum Gasteiger partial charge on any atom is -0.323 e. The molecule has 0 saturated carbocycles. The third-order valence-corrected chi connectivity index (χ3v) is 2.23. The first-order valence-electron chi connectivity index (χ1n) is 4.57. The molecule has 0 spiro atoms. The molecule has 3 nitrogen and oxygen atoms in total. The first kappa shape index (κ1) is 11.6. The molecule has 90 valence electrons. The number of hydrogen-bond donors (Lipinski definition) is 2. The predicted octanol–water partition coefficient (Wildman–Crippen LogP) is 2.74. The van der Waals surface area contributed by atoms with Crippen LogP contribution in [0.25, 0.3) is 10.9 Å². The molecule has 0 amide bonds. The Morgan fingerprint density at radius 3 is 2.47 bits per heavy atom. The lowest BCUT2D eigenvalue weighted by molar-refractivity contribution is 0.146. The summed E-state index contributed by atoms with van der Waals surface area (Å²) in [5.41, 5.74) is 1.12. The molecule has 2 rings (SSSR count). The molecule has 0 unspecified atom stereocenters. The Kier molecular flexibility index (Phi) is 2.84. The van der Waals surface area contributed by atoms with E-state index in [1.807, 2.05) is 0 Å². The first-order chi connectivity index (χ1) is 8.02. The number of benzene rings is 1. The third-order valence-electron chi connectivity index (χ3n) is 2.23. The zero-order valence-corrected chi connectivity index (χ0v) is 8.35. The number of nitrogens with one attached hydrogen (secondary N) is 1. The molecule has 3 N–H and O–H groups in total. The largest absolute Gasteiger partial charge is 0.323 e.